The summed E-state index contributed by atoms with van der Waals surface area (Å²) in [5.74, 6) is -1.12. The Morgan fingerprint density at radius 2 is 1.71 bits per heavy atom. The number of esters is 1. The maximum atomic E-state index is 16.6. The maximum absolute atomic E-state index is 16.6. The van der Waals surface area contributed by atoms with Crippen molar-refractivity contribution in [3.63, 3.8) is 0 Å². The van der Waals surface area contributed by atoms with Crippen LogP contribution < -0.4 is 4.72 Å². The third-order valence-corrected chi connectivity index (χ3v) is 6.23. The van der Waals surface area contributed by atoms with E-state index in [9.17, 15) is 9.00 Å². The molecule has 0 aliphatic heterocycles. The quantitative estimate of drug-likeness (QED) is 0.677. The van der Waals surface area contributed by atoms with Crippen molar-refractivity contribution < 1.29 is 18.1 Å². The molecule has 0 aliphatic rings. The molecule has 7 heteroatoms. The first-order valence-electron chi connectivity index (χ1n) is 8.78. The third-order valence-electron chi connectivity index (χ3n) is 4.34. The van der Waals surface area contributed by atoms with Gasteiger partial charge in [-0.25, -0.2) is 18.1 Å². The number of alkyl halides is 1. The smallest absolute Gasteiger partial charge is 0.350 e. The van der Waals surface area contributed by atoms with Crippen LogP contribution in [0.15, 0.2) is 48.5 Å². The SMILES string of the molecule is COC(=O)[C@@](F)(c1ccccc1Cl)[C@H](NS(=O)C(C)(C)C)c1ccc(C)cc1. The molecule has 2 aromatic rings. The summed E-state index contributed by atoms with van der Waals surface area (Å²) in [4.78, 5) is 12.7. The Bertz CT molecular complexity index is 867. The zero-order valence-electron chi connectivity index (χ0n) is 16.6. The largest absolute Gasteiger partial charge is 0.466 e. The molecule has 2 aromatic carbocycles. The highest BCUT2D eigenvalue weighted by Crippen LogP contribution is 2.43. The van der Waals surface area contributed by atoms with E-state index < -0.39 is 33.4 Å². The summed E-state index contributed by atoms with van der Waals surface area (Å²) in [6.07, 6.45) is 0. The molecule has 0 radical (unpaired) electrons. The Kier molecular flexibility index (Phi) is 7.02. The second-order valence-corrected chi connectivity index (χ2v) is 9.93. The fourth-order valence-electron chi connectivity index (χ4n) is 2.71. The third kappa shape index (κ3) is 4.62. The summed E-state index contributed by atoms with van der Waals surface area (Å²) < 4.78 is 36.4. The lowest BCUT2D eigenvalue weighted by Gasteiger charge is -2.34. The van der Waals surface area contributed by atoms with Gasteiger partial charge in [0.1, 0.15) is 0 Å². The first-order valence-corrected chi connectivity index (χ1v) is 10.3. The average Bonchev–Trinajstić information content (AvgIpc) is 2.65. The molecule has 0 aromatic heterocycles. The lowest BCUT2D eigenvalue weighted by Crippen LogP contribution is -2.48. The van der Waals surface area contributed by atoms with Gasteiger partial charge in [-0.2, -0.15) is 0 Å². The predicted octanol–water partition coefficient (Wildman–Crippen LogP) is 4.78. The van der Waals surface area contributed by atoms with Crippen LogP contribution >= 0.6 is 11.6 Å². The summed E-state index contributed by atoms with van der Waals surface area (Å²) in [7, 11) is -0.548. The van der Waals surface area contributed by atoms with Gasteiger partial charge in [-0.15, -0.1) is 0 Å². The van der Waals surface area contributed by atoms with Crippen LogP contribution in [0, 0.1) is 6.92 Å². The number of benzene rings is 2. The van der Waals surface area contributed by atoms with Gasteiger partial charge in [0.2, 0.25) is 0 Å². The highest BCUT2D eigenvalue weighted by atomic mass is 35.5. The number of hydrogen-bond donors (Lipinski definition) is 1. The van der Waals surface area contributed by atoms with Crippen molar-refractivity contribution in [1.82, 2.24) is 4.72 Å². The van der Waals surface area contributed by atoms with Gasteiger partial charge in [0.05, 0.1) is 28.9 Å². The number of hydrogen-bond acceptors (Lipinski definition) is 3. The summed E-state index contributed by atoms with van der Waals surface area (Å²) in [5.41, 5.74) is -1.31. The molecule has 2 rings (SSSR count). The van der Waals surface area contributed by atoms with Crippen LogP contribution in [-0.2, 0) is 26.2 Å². The number of methoxy groups -OCH3 is 1. The van der Waals surface area contributed by atoms with E-state index >= 15 is 4.39 Å². The molecule has 0 heterocycles. The number of aryl methyl sites for hydroxylation is 1. The van der Waals surface area contributed by atoms with Gasteiger partial charge in [-0.3, -0.25) is 0 Å². The molecule has 0 saturated carbocycles. The van der Waals surface area contributed by atoms with Crippen LogP contribution in [0.1, 0.15) is 43.5 Å². The molecule has 1 unspecified atom stereocenters. The number of halogens is 2. The molecule has 4 nitrogen and oxygen atoms in total. The standard InChI is InChI=1S/C21H25ClFNO3S/c1-14-10-12-15(13-11-14)18(24-28(26)20(2,3)4)21(23,19(25)27-5)16-8-6-7-9-17(16)22/h6-13,18,24H,1-5H3/t18-,21-,28?/m1/s1. The van der Waals surface area contributed by atoms with Crippen molar-refractivity contribution in [2.45, 2.75) is 44.2 Å². The number of carbonyl (C=O) groups is 1. The fraction of sp³-hybridized carbons (Fsp3) is 0.381. The molecule has 0 amide bonds. The van der Waals surface area contributed by atoms with Gasteiger partial charge < -0.3 is 4.74 Å². The Morgan fingerprint density at radius 1 is 1.14 bits per heavy atom. The van der Waals surface area contributed by atoms with Crippen LogP contribution in [0.5, 0.6) is 0 Å². The van der Waals surface area contributed by atoms with Crippen molar-refractivity contribution >= 4 is 28.6 Å². The number of nitrogens with one attached hydrogen (secondary N) is 1. The van der Waals surface area contributed by atoms with Crippen LogP contribution in [0.3, 0.4) is 0 Å². The Hall–Kier alpha value is -1.76. The average molecular weight is 426 g/mol. The van der Waals surface area contributed by atoms with Gasteiger partial charge in [0.25, 0.3) is 5.67 Å². The van der Waals surface area contributed by atoms with E-state index in [-0.39, 0.29) is 10.6 Å². The Labute approximate surface area is 173 Å². The van der Waals surface area contributed by atoms with E-state index in [2.05, 4.69) is 4.72 Å². The first-order chi connectivity index (χ1) is 13.0. The van der Waals surface area contributed by atoms with Gasteiger partial charge >= 0.3 is 5.97 Å². The molecule has 3 atom stereocenters. The maximum Gasteiger partial charge on any atom is 0.350 e. The van der Waals surface area contributed by atoms with Crippen LogP contribution in [0.2, 0.25) is 5.02 Å². The van der Waals surface area contributed by atoms with E-state index in [1.807, 2.05) is 6.92 Å². The van der Waals surface area contributed by atoms with Gasteiger partial charge in [0.15, 0.2) is 0 Å². The summed E-state index contributed by atoms with van der Waals surface area (Å²) in [6, 6.07) is 11.9. The van der Waals surface area contributed by atoms with Crippen molar-refractivity contribution in [3.8, 4) is 0 Å². The normalized spacial score (nSPS) is 16.1. The van der Waals surface area contributed by atoms with Crippen molar-refractivity contribution in [3.05, 3.63) is 70.2 Å². The van der Waals surface area contributed by atoms with Crippen LogP contribution in [0.4, 0.5) is 4.39 Å². The van der Waals surface area contributed by atoms with E-state index in [1.54, 1.807) is 57.2 Å². The van der Waals surface area contributed by atoms with Crippen molar-refractivity contribution in [1.29, 1.82) is 0 Å². The molecule has 0 saturated heterocycles. The zero-order chi connectivity index (χ0) is 21.1. The topological polar surface area (TPSA) is 55.4 Å². The molecule has 0 bridgehead atoms. The first kappa shape index (κ1) is 22.5. The molecule has 152 valence electrons. The molecular weight excluding hydrogens is 401 g/mol. The molecule has 0 aliphatic carbocycles. The van der Waals surface area contributed by atoms with E-state index in [4.69, 9.17) is 16.3 Å². The van der Waals surface area contributed by atoms with Gasteiger partial charge in [-0.1, -0.05) is 59.6 Å². The second-order valence-electron chi connectivity index (χ2n) is 7.53. The molecule has 28 heavy (non-hydrogen) atoms. The van der Waals surface area contributed by atoms with Crippen molar-refractivity contribution in [2.24, 2.45) is 0 Å². The zero-order valence-corrected chi connectivity index (χ0v) is 18.2. The van der Waals surface area contributed by atoms with E-state index in [1.165, 1.54) is 12.1 Å². The van der Waals surface area contributed by atoms with Gasteiger partial charge in [0, 0.05) is 10.6 Å². The summed E-state index contributed by atoms with van der Waals surface area (Å²) in [5, 5.41) is 0.0795. The molecule has 0 spiro atoms. The predicted molar refractivity (Wildman–Crippen MR) is 111 cm³/mol. The molecule has 0 fully saturated rings. The van der Waals surface area contributed by atoms with E-state index in [0.717, 1.165) is 12.7 Å². The number of ether oxygens (including phenoxy) is 1. The van der Waals surface area contributed by atoms with Gasteiger partial charge in [-0.05, 0) is 39.3 Å². The lowest BCUT2D eigenvalue weighted by molar-refractivity contribution is -0.157. The Morgan fingerprint density at radius 3 is 2.21 bits per heavy atom. The number of rotatable bonds is 6. The van der Waals surface area contributed by atoms with Crippen LogP contribution in [0.25, 0.3) is 0 Å². The summed E-state index contributed by atoms with van der Waals surface area (Å²) in [6.45, 7) is 7.18. The fourth-order valence-corrected chi connectivity index (χ4v) is 3.85. The Balaban J connectivity index is 2.71. The summed E-state index contributed by atoms with van der Waals surface area (Å²) >= 11 is 6.24. The highest BCUT2D eigenvalue weighted by molar-refractivity contribution is 7.84. The molecule has 1 N–H and O–H groups in total. The minimum Gasteiger partial charge on any atom is -0.466 e. The number of carbonyl (C=O) groups excluding carboxylic acids is 1. The second kappa shape index (κ2) is 8.72. The van der Waals surface area contributed by atoms with Crippen molar-refractivity contribution in [2.75, 3.05) is 7.11 Å². The highest BCUT2D eigenvalue weighted by Gasteiger charge is 2.52. The van der Waals surface area contributed by atoms with E-state index in [0.29, 0.717) is 5.56 Å². The van der Waals surface area contributed by atoms with Crippen LogP contribution in [-0.4, -0.2) is 22.0 Å². The molecular formula is C21H25ClFNO3S. The minimum atomic E-state index is -2.69. The minimum absolute atomic E-state index is 0.0486. The monoisotopic (exact) mass is 425 g/mol. The lowest BCUT2D eigenvalue weighted by atomic mass is 9.84.